The SMILES string of the molecule is CN(C)c1ccccc1.[AlH2][c]1cccc2ccc3cc4ccccc4cc3c12. The number of para-hydroxylation sites is 1. The Morgan fingerprint density at radius 1 is 0.571 bits per heavy atom. The molecular weight excluding hydrogens is 353 g/mol. The fraction of sp³-hybridized carbons (Fsp3) is 0.0769. The second kappa shape index (κ2) is 8.07. The van der Waals surface area contributed by atoms with E-state index in [1.165, 1.54) is 42.4 Å². The maximum atomic E-state index is 2.34. The van der Waals surface area contributed by atoms with Crippen molar-refractivity contribution >= 4 is 58.7 Å². The van der Waals surface area contributed by atoms with Crippen molar-refractivity contribution in [2.24, 2.45) is 0 Å². The minimum absolute atomic E-state index is 1.09. The Balaban J connectivity index is 0.000000181. The van der Waals surface area contributed by atoms with Crippen LogP contribution in [0.3, 0.4) is 0 Å². The minimum atomic E-state index is 1.09. The first-order valence-corrected chi connectivity index (χ1v) is 10.7. The van der Waals surface area contributed by atoms with Gasteiger partial charge in [-0.15, -0.1) is 4.43 Å². The van der Waals surface area contributed by atoms with Gasteiger partial charge in [0.15, 0.2) is 0 Å². The topological polar surface area (TPSA) is 3.24 Å². The lowest BCUT2D eigenvalue weighted by atomic mass is 9.98. The maximum absolute atomic E-state index is 2.34. The molecule has 28 heavy (non-hydrogen) atoms. The summed E-state index contributed by atoms with van der Waals surface area (Å²) >= 11 is 1.09. The normalized spacial score (nSPS) is 10.6. The molecule has 0 aliphatic carbocycles. The molecule has 5 rings (SSSR count). The first-order valence-electron chi connectivity index (χ1n) is 9.67. The molecule has 0 atom stereocenters. The molecule has 5 aromatic carbocycles. The van der Waals surface area contributed by atoms with Crippen LogP contribution in [0, 0.1) is 0 Å². The zero-order valence-electron chi connectivity index (χ0n) is 16.7. The second-order valence-electron chi connectivity index (χ2n) is 7.39. The predicted octanol–water partition coefficient (Wildman–Crippen LogP) is 5.16. The molecule has 5 aromatic rings. The van der Waals surface area contributed by atoms with Crippen molar-refractivity contribution in [2.45, 2.75) is 0 Å². The van der Waals surface area contributed by atoms with Gasteiger partial charge in [0.2, 0.25) is 0 Å². The quantitative estimate of drug-likeness (QED) is 0.222. The lowest BCUT2D eigenvalue weighted by molar-refractivity contribution is 1.13. The van der Waals surface area contributed by atoms with Crippen LogP contribution in [0.2, 0.25) is 0 Å². The summed E-state index contributed by atoms with van der Waals surface area (Å²) in [5, 5.41) is 8.18. The fourth-order valence-electron chi connectivity index (χ4n) is 3.72. The van der Waals surface area contributed by atoms with Crippen LogP contribution in [0.1, 0.15) is 0 Å². The Labute approximate surface area is 174 Å². The van der Waals surface area contributed by atoms with Crippen molar-refractivity contribution in [3.63, 3.8) is 0 Å². The van der Waals surface area contributed by atoms with Gasteiger partial charge in [-0.3, -0.25) is 0 Å². The molecule has 0 aliphatic heterocycles. The van der Waals surface area contributed by atoms with E-state index < -0.39 is 0 Å². The van der Waals surface area contributed by atoms with Crippen molar-refractivity contribution in [1.82, 2.24) is 0 Å². The maximum Gasteiger partial charge on any atom is 0.259 e. The van der Waals surface area contributed by atoms with E-state index in [-0.39, 0.29) is 0 Å². The van der Waals surface area contributed by atoms with Gasteiger partial charge >= 0.3 is 0 Å². The highest BCUT2D eigenvalue weighted by Gasteiger charge is 2.04. The van der Waals surface area contributed by atoms with Crippen molar-refractivity contribution < 1.29 is 0 Å². The number of rotatable bonds is 1. The summed E-state index contributed by atoms with van der Waals surface area (Å²) in [6.45, 7) is 0. The molecule has 0 amide bonds. The third-order valence-electron chi connectivity index (χ3n) is 5.21. The van der Waals surface area contributed by atoms with Crippen LogP contribution in [-0.4, -0.2) is 30.4 Å². The first-order chi connectivity index (χ1) is 13.6. The molecule has 0 unspecified atom stereocenters. The Hall–Kier alpha value is -2.79. The van der Waals surface area contributed by atoms with Gasteiger partial charge < -0.3 is 4.90 Å². The second-order valence-corrected chi connectivity index (χ2v) is 8.47. The highest BCUT2D eigenvalue weighted by Crippen LogP contribution is 2.28. The number of anilines is 1. The van der Waals surface area contributed by atoms with Gasteiger partial charge in [-0.2, -0.15) is 0 Å². The summed E-state index contributed by atoms with van der Waals surface area (Å²) in [6, 6.07) is 34.6. The summed E-state index contributed by atoms with van der Waals surface area (Å²) in [5.74, 6) is 0. The summed E-state index contributed by atoms with van der Waals surface area (Å²) < 4.78 is 1.48. The van der Waals surface area contributed by atoms with Gasteiger partial charge in [0.25, 0.3) is 16.3 Å². The molecule has 0 saturated heterocycles. The molecule has 0 N–H and O–H groups in total. The lowest BCUT2D eigenvalue weighted by Gasteiger charge is -2.10. The Morgan fingerprint density at radius 2 is 1.18 bits per heavy atom. The number of hydrogen-bond acceptors (Lipinski definition) is 1. The van der Waals surface area contributed by atoms with Crippen LogP contribution in [0.4, 0.5) is 5.69 Å². The molecule has 0 radical (unpaired) electrons. The monoisotopic (exact) mass is 377 g/mol. The van der Waals surface area contributed by atoms with Gasteiger partial charge in [0.05, 0.1) is 0 Å². The van der Waals surface area contributed by atoms with Crippen LogP contribution in [-0.2, 0) is 0 Å². The molecule has 0 aliphatic rings. The summed E-state index contributed by atoms with van der Waals surface area (Å²) in [4.78, 5) is 2.08. The van der Waals surface area contributed by atoms with Crippen molar-refractivity contribution in [2.75, 3.05) is 19.0 Å². The van der Waals surface area contributed by atoms with E-state index in [1.807, 2.05) is 32.3 Å². The van der Waals surface area contributed by atoms with Crippen molar-refractivity contribution in [1.29, 1.82) is 0 Å². The van der Waals surface area contributed by atoms with E-state index in [4.69, 9.17) is 0 Å². The molecule has 0 bridgehead atoms. The molecule has 2 heteroatoms. The average Bonchev–Trinajstić information content (AvgIpc) is 2.73. The zero-order chi connectivity index (χ0) is 19.5. The molecule has 0 saturated carbocycles. The van der Waals surface area contributed by atoms with Gasteiger partial charge in [-0.1, -0.05) is 72.8 Å². The van der Waals surface area contributed by atoms with Crippen LogP contribution < -0.4 is 9.33 Å². The van der Waals surface area contributed by atoms with Gasteiger partial charge in [0.1, 0.15) is 0 Å². The van der Waals surface area contributed by atoms with E-state index in [0.717, 1.165) is 16.3 Å². The molecule has 0 heterocycles. The molecule has 1 nitrogen and oxygen atoms in total. The van der Waals surface area contributed by atoms with E-state index in [2.05, 4.69) is 83.8 Å². The highest BCUT2D eigenvalue weighted by molar-refractivity contribution is 6.41. The number of benzene rings is 5. The minimum Gasteiger partial charge on any atom is -0.378 e. The summed E-state index contributed by atoms with van der Waals surface area (Å²) in [7, 11) is 4.07. The molecule has 0 fully saturated rings. The van der Waals surface area contributed by atoms with E-state index >= 15 is 0 Å². The molecule has 0 aromatic heterocycles. The van der Waals surface area contributed by atoms with E-state index in [0.29, 0.717) is 0 Å². The largest absolute Gasteiger partial charge is 0.378 e. The summed E-state index contributed by atoms with van der Waals surface area (Å²) in [5.41, 5.74) is 1.25. The van der Waals surface area contributed by atoms with Crippen LogP contribution >= 0.6 is 0 Å². The van der Waals surface area contributed by atoms with Crippen LogP contribution in [0.15, 0.2) is 97.1 Å². The van der Waals surface area contributed by atoms with Crippen molar-refractivity contribution in [3.05, 3.63) is 97.1 Å². The number of nitrogens with zero attached hydrogens (tertiary/aromatic N) is 1. The molecular formula is C26H24AlN. The van der Waals surface area contributed by atoms with Gasteiger partial charge in [-0.25, -0.2) is 0 Å². The van der Waals surface area contributed by atoms with E-state index in [1.54, 1.807) is 0 Å². The van der Waals surface area contributed by atoms with Gasteiger partial charge in [0, 0.05) is 19.8 Å². The van der Waals surface area contributed by atoms with Crippen LogP contribution in [0.25, 0.3) is 32.3 Å². The van der Waals surface area contributed by atoms with Crippen LogP contribution in [0.5, 0.6) is 0 Å². The standard InChI is InChI=1S/C18H11.C8H11N.Al.2H/c1-2-7-15-12-18-16(11-14(15)6-1)10-9-13-5-3-4-8-17(13)18;1-9(2)8-6-4-3-5-7-8;;;/h1-7,9-12H;3-7H,1-2H3;;;. The smallest absolute Gasteiger partial charge is 0.259 e. The first kappa shape index (κ1) is 18.6. The number of hydrogen-bond donors (Lipinski definition) is 0. The Kier molecular flexibility index (Phi) is 5.35. The molecule has 136 valence electrons. The Morgan fingerprint density at radius 3 is 1.86 bits per heavy atom. The number of fused-ring (bicyclic) bond motifs is 4. The predicted molar refractivity (Wildman–Crippen MR) is 128 cm³/mol. The van der Waals surface area contributed by atoms with E-state index in [9.17, 15) is 0 Å². The highest BCUT2D eigenvalue weighted by atomic mass is 27.0. The van der Waals surface area contributed by atoms with Crippen molar-refractivity contribution in [3.8, 4) is 0 Å². The Bertz CT molecular complexity index is 1240. The third-order valence-corrected chi connectivity index (χ3v) is 6.04. The summed E-state index contributed by atoms with van der Waals surface area (Å²) in [6.07, 6.45) is 0. The zero-order valence-corrected chi connectivity index (χ0v) is 18.7. The average molecular weight is 377 g/mol. The third kappa shape index (κ3) is 3.76. The molecule has 0 spiro atoms. The lowest BCUT2D eigenvalue weighted by Crippen LogP contribution is -2.07. The fourth-order valence-corrected chi connectivity index (χ4v) is 4.47. The van der Waals surface area contributed by atoms with Gasteiger partial charge in [-0.05, 0) is 56.6 Å².